The van der Waals surface area contributed by atoms with Crippen LogP contribution >= 0.6 is 0 Å². The maximum absolute atomic E-state index is 12.7. The van der Waals surface area contributed by atoms with E-state index in [4.69, 9.17) is 10.5 Å². The molecule has 3 rings (SSSR count). The summed E-state index contributed by atoms with van der Waals surface area (Å²) in [7, 11) is 0. The average Bonchev–Trinajstić information content (AvgIpc) is 2.73. The van der Waals surface area contributed by atoms with Gasteiger partial charge in [-0.1, -0.05) is 35.9 Å². The highest BCUT2D eigenvalue weighted by Crippen LogP contribution is 2.12. The molecule has 7 heteroatoms. The smallest absolute Gasteiger partial charge is 0.253 e. The van der Waals surface area contributed by atoms with Crippen molar-refractivity contribution in [2.24, 2.45) is 5.73 Å². The lowest BCUT2D eigenvalue weighted by Crippen LogP contribution is -2.51. The van der Waals surface area contributed by atoms with Gasteiger partial charge in [0.1, 0.15) is 6.61 Å². The Hall–Kier alpha value is -3.19. The third kappa shape index (κ3) is 5.42. The van der Waals surface area contributed by atoms with Crippen molar-refractivity contribution in [2.45, 2.75) is 13.5 Å². The van der Waals surface area contributed by atoms with E-state index in [9.17, 15) is 14.4 Å². The Labute approximate surface area is 170 Å². The van der Waals surface area contributed by atoms with E-state index in [1.165, 1.54) is 6.07 Å². The van der Waals surface area contributed by atoms with Gasteiger partial charge in [-0.15, -0.1) is 0 Å². The molecule has 0 radical (unpaired) electrons. The lowest BCUT2D eigenvalue weighted by molar-refractivity contribution is -0.138. The Morgan fingerprint density at radius 1 is 0.931 bits per heavy atom. The van der Waals surface area contributed by atoms with Crippen LogP contribution in [0.15, 0.2) is 48.5 Å². The molecule has 3 amide bonds. The van der Waals surface area contributed by atoms with E-state index in [2.05, 4.69) is 0 Å². The van der Waals surface area contributed by atoms with Gasteiger partial charge >= 0.3 is 0 Å². The van der Waals surface area contributed by atoms with Crippen LogP contribution in [0.3, 0.4) is 0 Å². The van der Waals surface area contributed by atoms with E-state index in [1.807, 2.05) is 31.2 Å². The molecule has 1 saturated heterocycles. The number of carbonyl (C=O) groups is 3. The molecular formula is C22H25N3O4. The number of piperazine rings is 1. The fourth-order valence-corrected chi connectivity index (χ4v) is 3.30. The van der Waals surface area contributed by atoms with Gasteiger partial charge in [0, 0.05) is 37.3 Å². The molecule has 0 aliphatic carbocycles. The number of carbonyl (C=O) groups excluding carboxylic acids is 3. The second kappa shape index (κ2) is 9.34. The fraction of sp³-hybridized carbons (Fsp3) is 0.318. The van der Waals surface area contributed by atoms with Gasteiger partial charge in [0.15, 0.2) is 0 Å². The first-order chi connectivity index (χ1) is 13.9. The third-order valence-electron chi connectivity index (χ3n) is 4.89. The molecule has 1 aliphatic heterocycles. The number of nitrogens with two attached hydrogens (primary N) is 1. The molecule has 152 valence electrons. The van der Waals surface area contributed by atoms with E-state index in [0.717, 1.165) is 11.1 Å². The molecule has 0 spiro atoms. The van der Waals surface area contributed by atoms with E-state index >= 15 is 0 Å². The summed E-state index contributed by atoms with van der Waals surface area (Å²) in [5.74, 6) is -0.822. The number of benzene rings is 2. The number of aryl methyl sites for hydroxylation is 1. The normalized spacial score (nSPS) is 14.0. The number of rotatable bonds is 6. The minimum Gasteiger partial charge on any atom is -0.367 e. The Balaban J connectivity index is 1.47. The number of hydrogen-bond acceptors (Lipinski definition) is 4. The van der Waals surface area contributed by atoms with Crippen LogP contribution in [0.4, 0.5) is 0 Å². The SMILES string of the molecule is Cc1cccc(COCC(=O)N2CCN(C(=O)c3cccc(C(N)=O)c3)CC2)c1. The molecule has 7 nitrogen and oxygen atoms in total. The summed E-state index contributed by atoms with van der Waals surface area (Å²) in [6.45, 7) is 4.19. The first kappa shape index (κ1) is 20.5. The van der Waals surface area contributed by atoms with E-state index in [-0.39, 0.29) is 18.4 Å². The van der Waals surface area contributed by atoms with Crippen LogP contribution in [0.5, 0.6) is 0 Å². The van der Waals surface area contributed by atoms with Crippen molar-refractivity contribution < 1.29 is 19.1 Å². The molecule has 0 aromatic heterocycles. The highest BCUT2D eigenvalue weighted by Gasteiger charge is 2.25. The Bertz CT molecular complexity index is 904. The summed E-state index contributed by atoms with van der Waals surface area (Å²) in [6.07, 6.45) is 0. The largest absolute Gasteiger partial charge is 0.367 e. The standard InChI is InChI=1S/C22H25N3O4/c1-16-4-2-5-17(12-16)14-29-15-20(26)24-8-10-25(11-9-24)22(28)19-7-3-6-18(13-19)21(23)27/h2-7,12-13H,8-11,14-15H2,1H3,(H2,23,27). The van der Waals surface area contributed by atoms with Crippen molar-refractivity contribution in [2.75, 3.05) is 32.8 Å². The minimum atomic E-state index is -0.569. The topological polar surface area (TPSA) is 92.9 Å². The molecule has 1 heterocycles. The maximum Gasteiger partial charge on any atom is 0.253 e. The molecule has 0 bridgehead atoms. The van der Waals surface area contributed by atoms with Crippen molar-refractivity contribution in [3.05, 3.63) is 70.8 Å². The van der Waals surface area contributed by atoms with Crippen LogP contribution in [-0.2, 0) is 16.1 Å². The third-order valence-corrected chi connectivity index (χ3v) is 4.89. The fourth-order valence-electron chi connectivity index (χ4n) is 3.30. The predicted octanol–water partition coefficient (Wildman–Crippen LogP) is 1.60. The van der Waals surface area contributed by atoms with Gasteiger partial charge in [-0.05, 0) is 30.7 Å². The Kier molecular flexibility index (Phi) is 6.61. The average molecular weight is 395 g/mol. The number of ether oxygens (including phenoxy) is 1. The maximum atomic E-state index is 12.7. The summed E-state index contributed by atoms with van der Waals surface area (Å²) in [4.78, 5) is 39.7. The van der Waals surface area contributed by atoms with Gasteiger partial charge in [0.25, 0.3) is 5.91 Å². The molecular weight excluding hydrogens is 370 g/mol. The monoisotopic (exact) mass is 395 g/mol. The second-order valence-corrected chi connectivity index (χ2v) is 7.10. The van der Waals surface area contributed by atoms with Gasteiger partial charge in [-0.2, -0.15) is 0 Å². The number of hydrogen-bond donors (Lipinski definition) is 1. The van der Waals surface area contributed by atoms with Gasteiger partial charge in [0.05, 0.1) is 6.61 Å². The summed E-state index contributed by atoms with van der Waals surface area (Å²) < 4.78 is 5.55. The number of amides is 3. The summed E-state index contributed by atoms with van der Waals surface area (Å²) >= 11 is 0. The van der Waals surface area contributed by atoms with E-state index in [1.54, 1.807) is 28.0 Å². The van der Waals surface area contributed by atoms with E-state index in [0.29, 0.717) is 43.9 Å². The first-order valence-electron chi connectivity index (χ1n) is 9.54. The van der Waals surface area contributed by atoms with E-state index < -0.39 is 5.91 Å². The summed E-state index contributed by atoms with van der Waals surface area (Å²) in [5, 5.41) is 0. The highest BCUT2D eigenvalue weighted by molar-refractivity contribution is 5.99. The molecule has 0 saturated carbocycles. The zero-order chi connectivity index (χ0) is 20.8. The predicted molar refractivity (Wildman–Crippen MR) is 108 cm³/mol. The molecule has 2 N–H and O–H groups in total. The lowest BCUT2D eigenvalue weighted by Gasteiger charge is -2.34. The molecule has 1 aliphatic rings. The van der Waals surface area contributed by atoms with Crippen molar-refractivity contribution in [3.8, 4) is 0 Å². The van der Waals surface area contributed by atoms with Gasteiger partial charge in [-0.25, -0.2) is 0 Å². The zero-order valence-electron chi connectivity index (χ0n) is 16.5. The van der Waals surface area contributed by atoms with Crippen LogP contribution in [0.1, 0.15) is 31.8 Å². The molecule has 2 aromatic carbocycles. The molecule has 1 fully saturated rings. The number of nitrogens with zero attached hydrogens (tertiary/aromatic N) is 2. The molecule has 29 heavy (non-hydrogen) atoms. The summed E-state index contributed by atoms with van der Waals surface area (Å²) in [6, 6.07) is 14.3. The lowest BCUT2D eigenvalue weighted by atomic mass is 10.1. The van der Waals surface area contributed by atoms with Crippen molar-refractivity contribution in [1.82, 2.24) is 9.80 Å². The quantitative estimate of drug-likeness (QED) is 0.804. The van der Waals surface area contributed by atoms with Crippen LogP contribution in [0, 0.1) is 6.92 Å². The summed E-state index contributed by atoms with van der Waals surface area (Å²) in [5.41, 5.74) is 8.18. The Morgan fingerprint density at radius 3 is 2.28 bits per heavy atom. The van der Waals surface area contributed by atoms with Gasteiger partial charge in [0.2, 0.25) is 11.8 Å². The van der Waals surface area contributed by atoms with Gasteiger partial charge < -0.3 is 20.3 Å². The Morgan fingerprint density at radius 2 is 1.59 bits per heavy atom. The van der Waals surface area contributed by atoms with Crippen LogP contribution < -0.4 is 5.73 Å². The highest BCUT2D eigenvalue weighted by atomic mass is 16.5. The zero-order valence-corrected chi connectivity index (χ0v) is 16.5. The van der Waals surface area contributed by atoms with Crippen molar-refractivity contribution in [1.29, 1.82) is 0 Å². The number of primary amides is 1. The van der Waals surface area contributed by atoms with Crippen molar-refractivity contribution in [3.63, 3.8) is 0 Å². The minimum absolute atomic E-state index is 0.0164. The molecule has 0 atom stereocenters. The van der Waals surface area contributed by atoms with Crippen LogP contribution in [0.25, 0.3) is 0 Å². The second-order valence-electron chi connectivity index (χ2n) is 7.10. The molecule has 0 unspecified atom stereocenters. The first-order valence-corrected chi connectivity index (χ1v) is 9.54. The van der Waals surface area contributed by atoms with Gasteiger partial charge in [-0.3, -0.25) is 14.4 Å². The molecule has 2 aromatic rings. The van der Waals surface area contributed by atoms with Crippen LogP contribution in [0.2, 0.25) is 0 Å². The van der Waals surface area contributed by atoms with Crippen molar-refractivity contribution >= 4 is 17.7 Å². The van der Waals surface area contributed by atoms with Crippen LogP contribution in [-0.4, -0.2) is 60.3 Å².